The largest absolute Gasteiger partial charge is 0.483 e. The highest BCUT2D eigenvalue weighted by Crippen LogP contribution is 2.32. The number of hydrogen-bond acceptors (Lipinski definition) is 6. The first-order valence-corrected chi connectivity index (χ1v) is 13.1. The quantitative estimate of drug-likeness (QED) is 0.504. The Balaban J connectivity index is 0.00000137. The van der Waals surface area contributed by atoms with Gasteiger partial charge in [-0.2, -0.15) is 4.72 Å². The highest BCUT2D eigenvalue weighted by molar-refractivity contribution is 7.92. The number of amides is 1. The first kappa shape index (κ1) is 28.9. The van der Waals surface area contributed by atoms with Gasteiger partial charge >= 0.3 is 0 Å². The molecule has 35 heavy (non-hydrogen) atoms. The van der Waals surface area contributed by atoms with E-state index >= 15 is 0 Å². The molecule has 0 aliphatic carbocycles. The van der Waals surface area contributed by atoms with Gasteiger partial charge in [-0.15, -0.1) is 11.3 Å². The molecule has 2 atom stereocenters. The average Bonchev–Trinajstić information content (AvgIpc) is 3.33. The standard InChI is InChI=1S/C21H24ClF2N3O3S2.CH2O2/c1-12(18-5-6-19(22)31-18)11-32(29,30)25-17-7-8-27(21(17)28)20-15(23)9-14(10-16(20)24)13(2)26(3)4;2-1-3/h5-6,9-11,13,17,25H,7-8H2,1-4H3;1H,(H,2,3)/b12-11+;. The van der Waals surface area contributed by atoms with Crippen LogP contribution < -0.4 is 9.62 Å². The summed E-state index contributed by atoms with van der Waals surface area (Å²) in [6.07, 6.45) is 0.0878. The Labute approximate surface area is 211 Å². The van der Waals surface area contributed by atoms with Crippen LogP contribution in [-0.2, 0) is 19.6 Å². The number of carboxylic acid groups (broad SMARTS) is 1. The molecule has 2 unspecified atom stereocenters. The third-order valence-electron chi connectivity index (χ3n) is 5.37. The maximum Gasteiger partial charge on any atom is 0.290 e. The van der Waals surface area contributed by atoms with Crippen molar-refractivity contribution in [3.05, 3.63) is 56.1 Å². The Bertz CT molecular complexity index is 1190. The maximum absolute atomic E-state index is 14.8. The number of nitrogens with one attached hydrogen (secondary N) is 1. The zero-order valence-corrected chi connectivity index (χ0v) is 21.8. The molecule has 2 N–H and O–H groups in total. The van der Waals surface area contributed by atoms with Crippen LogP contribution in [0.4, 0.5) is 14.5 Å². The van der Waals surface area contributed by atoms with Crippen LogP contribution in [0.3, 0.4) is 0 Å². The van der Waals surface area contributed by atoms with E-state index in [-0.39, 0.29) is 25.5 Å². The molecule has 1 aromatic carbocycles. The molecule has 1 fully saturated rings. The summed E-state index contributed by atoms with van der Waals surface area (Å²) >= 11 is 7.12. The average molecular weight is 550 g/mol. The normalized spacial score (nSPS) is 17.4. The molecule has 1 aliphatic rings. The Morgan fingerprint density at radius 1 is 1.31 bits per heavy atom. The van der Waals surface area contributed by atoms with Gasteiger partial charge in [-0.25, -0.2) is 17.2 Å². The Hall–Kier alpha value is -2.38. The van der Waals surface area contributed by atoms with Crippen molar-refractivity contribution < 1.29 is 31.9 Å². The zero-order chi connectivity index (χ0) is 26.5. The van der Waals surface area contributed by atoms with Crippen LogP contribution >= 0.6 is 22.9 Å². The van der Waals surface area contributed by atoms with E-state index in [9.17, 15) is 22.0 Å². The molecule has 0 spiro atoms. The number of nitrogens with zero attached hydrogens (tertiary/aromatic N) is 2. The second-order valence-electron chi connectivity index (χ2n) is 7.98. The topological polar surface area (TPSA) is 107 Å². The summed E-state index contributed by atoms with van der Waals surface area (Å²) in [5.74, 6) is -2.43. The van der Waals surface area contributed by atoms with Crippen LogP contribution in [0, 0.1) is 11.6 Å². The van der Waals surface area contributed by atoms with E-state index in [1.54, 1.807) is 45.0 Å². The van der Waals surface area contributed by atoms with E-state index in [0.717, 1.165) is 10.3 Å². The fourth-order valence-electron chi connectivity index (χ4n) is 3.44. The monoisotopic (exact) mass is 549 g/mol. The number of sulfonamides is 1. The molecule has 3 rings (SSSR count). The van der Waals surface area contributed by atoms with Crippen molar-refractivity contribution in [1.82, 2.24) is 9.62 Å². The maximum atomic E-state index is 14.8. The van der Waals surface area contributed by atoms with E-state index < -0.39 is 39.3 Å². The molecule has 192 valence electrons. The molecule has 2 aromatic rings. The number of hydrogen-bond donors (Lipinski definition) is 2. The summed E-state index contributed by atoms with van der Waals surface area (Å²) in [6, 6.07) is 4.41. The van der Waals surface area contributed by atoms with Gasteiger partial charge in [-0.05, 0) is 69.8 Å². The summed E-state index contributed by atoms with van der Waals surface area (Å²) in [4.78, 5) is 24.6. The third-order valence-corrected chi connectivity index (χ3v) is 8.02. The minimum Gasteiger partial charge on any atom is -0.483 e. The number of rotatable bonds is 7. The first-order chi connectivity index (χ1) is 16.3. The van der Waals surface area contributed by atoms with Crippen molar-refractivity contribution in [3.8, 4) is 0 Å². The molecule has 13 heteroatoms. The lowest BCUT2D eigenvalue weighted by Gasteiger charge is -2.23. The number of thiophene rings is 1. The van der Waals surface area contributed by atoms with Crippen LogP contribution in [0.15, 0.2) is 29.7 Å². The number of halogens is 3. The molecule has 0 bridgehead atoms. The van der Waals surface area contributed by atoms with Gasteiger partial charge in [-0.1, -0.05) is 11.6 Å². The van der Waals surface area contributed by atoms with Gasteiger partial charge in [0.15, 0.2) is 0 Å². The minimum absolute atomic E-state index is 0.00826. The Kier molecular flexibility index (Phi) is 9.93. The van der Waals surface area contributed by atoms with Crippen LogP contribution in [0.2, 0.25) is 4.34 Å². The molecule has 8 nitrogen and oxygen atoms in total. The summed E-state index contributed by atoms with van der Waals surface area (Å²) in [6.45, 7) is 3.16. The Morgan fingerprint density at radius 3 is 2.37 bits per heavy atom. The summed E-state index contributed by atoms with van der Waals surface area (Å²) in [5, 5.41) is 7.91. The fraction of sp³-hybridized carbons (Fsp3) is 0.364. The summed E-state index contributed by atoms with van der Waals surface area (Å²) in [5.41, 5.74) is 0.428. The van der Waals surface area contributed by atoms with Crippen molar-refractivity contribution >= 4 is 56.6 Å². The van der Waals surface area contributed by atoms with E-state index in [0.29, 0.717) is 20.4 Å². The van der Waals surface area contributed by atoms with Gasteiger partial charge in [0.25, 0.3) is 6.47 Å². The molecule has 1 amide bonds. The van der Waals surface area contributed by atoms with Crippen LogP contribution in [0.1, 0.15) is 36.8 Å². The smallest absolute Gasteiger partial charge is 0.290 e. The Morgan fingerprint density at radius 2 is 1.89 bits per heavy atom. The van der Waals surface area contributed by atoms with E-state index in [1.165, 1.54) is 23.5 Å². The van der Waals surface area contributed by atoms with E-state index in [2.05, 4.69) is 4.72 Å². The molecular weight excluding hydrogens is 524 g/mol. The zero-order valence-electron chi connectivity index (χ0n) is 19.5. The van der Waals surface area contributed by atoms with Gasteiger partial charge in [0.2, 0.25) is 15.9 Å². The lowest BCUT2D eigenvalue weighted by Crippen LogP contribution is -2.41. The molecule has 0 radical (unpaired) electrons. The molecule has 2 heterocycles. The third kappa shape index (κ3) is 7.31. The molecule has 1 aromatic heterocycles. The predicted octanol–water partition coefficient (Wildman–Crippen LogP) is 4.09. The summed E-state index contributed by atoms with van der Waals surface area (Å²) in [7, 11) is -0.398. The summed E-state index contributed by atoms with van der Waals surface area (Å²) < 4.78 is 57.5. The van der Waals surface area contributed by atoms with Crippen molar-refractivity contribution in [1.29, 1.82) is 0 Å². The highest BCUT2D eigenvalue weighted by atomic mass is 35.5. The molecule has 0 saturated carbocycles. The van der Waals surface area contributed by atoms with Crippen LogP contribution in [-0.4, -0.2) is 57.5 Å². The predicted molar refractivity (Wildman–Crippen MR) is 133 cm³/mol. The minimum atomic E-state index is -3.98. The van der Waals surface area contributed by atoms with Gasteiger partial charge in [-0.3, -0.25) is 9.59 Å². The number of allylic oxidation sites excluding steroid dienone is 1. The molecule has 1 aliphatic heterocycles. The van der Waals surface area contributed by atoms with Gasteiger partial charge in [0.05, 0.1) is 9.74 Å². The lowest BCUT2D eigenvalue weighted by molar-refractivity contribution is -0.123. The van der Waals surface area contributed by atoms with Crippen LogP contribution in [0.5, 0.6) is 0 Å². The number of benzene rings is 1. The van der Waals surface area contributed by atoms with Gasteiger partial charge < -0.3 is 14.9 Å². The van der Waals surface area contributed by atoms with Crippen molar-refractivity contribution in [3.63, 3.8) is 0 Å². The van der Waals surface area contributed by atoms with E-state index in [4.69, 9.17) is 21.5 Å². The van der Waals surface area contributed by atoms with Crippen molar-refractivity contribution in [2.24, 2.45) is 0 Å². The first-order valence-electron chi connectivity index (χ1n) is 10.3. The highest BCUT2D eigenvalue weighted by Gasteiger charge is 2.37. The second kappa shape index (κ2) is 12.0. The van der Waals surface area contributed by atoms with Gasteiger partial charge in [0.1, 0.15) is 23.4 Å². The number of anilines is 1. The number of carbonyl (C=O) groups excluding carboxylic acids is 1. The lowest BCUT2D eigenvalue weighted by atomic mass is 10.1. The molecular formula is C22H26ClF2N3O5S2. The van der Waals surface area contributed by atoms with Crippen molar-refractivity contribution in [2.45, 2.75) is 32.4 Å². The molecule has 1 saturated heterocycles. The van der Waals surface area contributed by atoms with Gasteiger partial charge in [0, 0.05) is 17.5 Å². The van der Waals surface area contributed by atoms with Crippen molar-refractivity contribution in [2.75, 3.05) is 25.5 Å². The SMILES string of the molecule is C/C(=C\S(=O)(=O)NC1CCN(c2c(F)cc(C(C)N(C)C)cc2F)C1=O)c1ccc(Cl)s1.O=CO. The fourth-order valence-corrected chi connectivity index (χ4v) is 5.81. The van der Waals surface area contributed by atoms with E-state index in [1.807, 2.05) is 0 Å². The number of carbonyl (C=O) groups is 2. The van der Waals surface area contributed by atoms with Crippen LogP contribution in [0.25, 0.3) is 5.57 Å². The second-order valence-corrected chi connectivity index (χ2v) is 11.3.